The van der Waals surface area contributed by atoms with Gasteiger partial charge in [0.05, 0.1) is 6.54 Å². The molecule has 2 N–H and O–H groups in total. The number of nitrogens with zero attached hydrogens (tertiary/aromatic N) is 1. The molecule has 0 bridgehead atoms. The first kappa shape index (κ1) is 17.7. The van der Waals surface area contributed by atoms with Crippen LogP contribution in [0.4, 0.5) is 13.2 Å². The number of aliphatic carboxylic acids is 1. The molecule has 0 radical (unpaired) electrons. The Morgan fingerprint density at radius 1 is 1.43 bits per heavy atom. The van der Waals surface area contributed by atoms with Gasteiger partial charge in [-0.05, 0) is 31.2 Å². The van der Waals surface area contributed by atoms with Gasteiger partial charge in [-0.15, -0.1) is 0 Å². The molecule has 0 spiro atoms. The van der Waals surface area contributed by atoms with Crippen LogP contribution in [0, 0.1) is 11.8 Å². The van der Waals surface area contributed by atoms with Gasteiger partial charge in [-0.3, -0.25) is 14.5 Å². The summed E-state index contributed by atoms with van der Waals surface area (Å²) in [6.45, 7) is 1.65. The first-order valence-corrected chi connectivity index (χ1v) is 6.95. The summed E-state index contributed by atoms with van der Waals surface area (Å²) >= 11 is 0. The number of halogens is 3. The van der Waals surface area contributed by atoms with Gasteiger partial charge in [-0.25, -0.2) is 0 Å². The lowest BCUT2D eigenvalue weighted by Crippen LogP contribution is -2.45. The number of amides is 1. The van der Waals surface area contributed by atoms with E-state index in [0.29, 0.717) is 13.1 Å². The first-order chi connectivity index (χ1) is 9.67. The molecule has 1 aliphatic rings. The number of carbonyl (C=O) groups is 2. The molecule has 0 saturated carbocycles. The topological polar surface area (TPSA) is 69.6 Å². The summed E-state index contributed by atoms with van der Waals surface area (Å²) in [5.41, 5.74) is 0. The predicted octanol–water partition coefficient (Wildman–Crippen LogP) is 1.49. The standard InChI is InChI=1S/C13H21F3N2O3/c1-9(5-12(20)21)10-3-2-4-18(6-10)7-11(19)17-8-13(14,15)16/h9-10H,2-8H2,1H3,(H,17,19)(H,20,21). The van der Waals surface area contributed by atoms with Gasteiger partial charge in [-0.2, -0.15) is 13.2 Å². The Labute approximate surface area is 121 Å². The quantitative estimate of drug-likeness (QED) is 0.780. The maximum Gasteiger partial charge on any atom is 0.405 e. The van der Waals surface area contributed by atoms with Crippen molar-refractivity contribution in [1.29, 1.82) is 0 Å². The molecule has 8 heteroatoms. The van der Waals surface area contributed by atoms with E-state index in [9.17, 15) is 22.8 Å². The van der Waals surface area contributed by atoms with Gasteiger partial charge in [0.25, 0.3) is 0 Å². The van der Waals surface area contributed by atoms with Crippen LogP contribution in [-0.2, 0) is 9.59 Å². The summed E-state index contributed by atoms with van der Waals surface area (Å²) in [5, 5.41) is 10.6. The van der Waals surface area contributed by atoms with Gasteiger partial charge < -0.3 is 10.4 Å². The largest absolute Gasteiger partial charge is 0.481 e. The lowest BCUT2D eigenvalue weighted by Gasteiger charge is -2.35. The fraction of sp³-hybridized carbons (Fsp3) is 0.846. The average molecular weight is 310 g/mol. The third-order valence-electron chi connectivity index (χ3n) is 3.70. The van der Waals surface area contributed by atoms with Crippen molar-refractivity contribution in [3.63, 3.8) is 0 Å². The lowest BCUT2D eigenvalue weighted by molar-refractivity contribution is -0.139. The fourth-order valence-corrected chi connectivity index (χ4v) is 2.60. The van der Waals surface area contributed by atoms with Crippen LogP contribution in [0.5, 0.6) is 0 Å². The minimum atomic E-state index is -4.41. The Morgan fingerprint density at radius 2 is 2.10 bits per heavy atom. The molecule has 1 rings (SSSR count). The van der Waals surface area contributed by atoms with E-state index in [1.165, 1.54) is 0 Å². The van der Waals surface area contributed by atoms with Crippen LogP contribution in [0.2, 0.25) is 0 Å². The Morgan fingerprint density at radius 3 is 2.67 bits per heavy atom. The monoisotopic (exact) mass is 310 g/mol. The van der Waals surface area contributed by atoms with E-state index in [4.69, 9.17) is 5.11 Å². The third-order valence-corrected chi connectivity index (χ3v) is 3.70. The number of carboxylic acids is 1. The second-order valence-electron chi connectivity index (χ2n) is 5.60. The number of carboxylic acid groups (broad SMARTS) is 1. The van der Waals surface area contributed by atoms with Crippen LogP contribution >= 0.6 is 0 Å². The van der Waals surface area contributed by atoms with Crippen molar-refractivity contribution >= 4 is 11.9 Å². The zero-order valence-corrected chi connectivity index (χ0v) is 11.9. The first-order valence-electron chi connectivity index (χ1n) is 6.95. The number of likely N-dealkylation sites (tertiary alicyclic amines) is 1. The van der Waals surface area contributed by atoms with Gasteiger partial charge in [0, 0.05) is 13.0 Å². The predicted molar refractivity (Wildman–Crippen MR) is 69.6 cm³/mol. The summed E-state index contributed by atoms with van der Waals surface area (Å²) in [4.78, 5) is 24.0. The Bertz CT molecular complexity index is 374. The van der Waals surface area contributed by atoms with Crippen molar-refractivity contribution in [1.82, 2.24) is 10.2 Å². The van der Waals surface area contributed by atoms with Crippen LogP contribution in [0.15, 0.2) is 0 Å². The van der Waals surface area contributed by atoms with Crippen LogP contribution in [-0.4, -0.2) is 54.2 Å². The van der Waals surface area contributed by atoms with E-state index in [-0.39, 0.29) is 24.8 Å². The Kier molecular flexibility index (Phi) is 6.44. The maximum atomic E-state index is 12.0. The molecule has 122 valence electrons. The average Bonchev–Trinajstić information content (AvgIpc) is 2.35. The molecular formula is C13H21F3N2O3. The van der Waals surface area contributed by atoms with Crippen LogP contribution in [0.1, 0.15) is 26.2 Å². The van der Waals surface area contributed by atoms with Crippen LogP contribution in [0.3, 0.4) is 0 Å². The van der Waals surface area contributed by atoms with Crippen molar-refractivity contribution in [2.24, 2.45) is 11.8 Å². The lowest BCUT2D eigenvalue weighted by atomic mass is 9.84. The summed E-state index contributed by atoms with van der Waals surface area (Å²) in [7, 11) is 0. The van der Waals surface area contributed by atoms with Gasteiger partial charge in [0.15, 0.2) is 0 Å². The summed E-state index contributed by atoms with van der Waals surface area (Å²) < 4.78 is 36.0. The van der Waals surface area contributed by atoms with Gasteiger partial charge >= 0.3 is 12.1 Å². The van der Waals surface area contributed by atoms with Crippen molar-refractivity contribution in [2.75, 3.05) is 26.2 Å². The van der Waals surface area contributed by atoms with Crippen molar-refractivity contribution < 1.29 is 27.9 Å². The molecule has 0 aliphatic carbocycles. The van der Waals surface area contributed by atoms with Crippen molar-refractivity contribution in [3.8, 4) is 0 Å². The van der Waals surface area contributed by atoms with E-state index in [1.54, 1.807) is 4.90 Å². The van der Waals surface area contributed by atoms with Gasteiger partial charge in [0.2, 0.25) is 5.91 Å². The molecule has 0 aromatic rings. The third kappa shape index (κ3) is 7.31. The Balaban J connectivity index is 2.38. The van der Waals surface area contributed by atoms with Gasteiger partial charge in [0.1, 0.15) is 6.54 Å². The molecular weight excluding hydrogens is 289 g/mol. The number of nitrogens with one attached hydrogen (secondary N) is 1. The molecule has 0 aromatic carbocycles. The number of carbonyl (C=O) groups excluding carboxylic acids is 1. The normalized spacial score (nSPS) is 21.8. The molecule has 1 saturated heterocycles. The summed E-state index contributed by atoms with van der Waals surface area (Å²) in [6, 6.07) is 0. The molecule has 21 heavy (non-hydrogen) atoms. The van der Waals surface area contributed by atoms with Crippen LogP contribution in [0.25, 0.3) is 0 Å². The van der Waals surface area contributed by atoms with E-state index in [2.05, 4.69) is 0 Å². The zero-order chi connectivity index (χ0) is 16.0. The minimum Gasteiger partial charge on any atom is -0.481 e. The highest BCUT2D eigenvalue weighted by atomic mass is 19.4. The van der Waals surface area contributed by atoms with E-state index >= 15 is 0 Å². The van der Waals surface area contributed by atoms with Crippen LogP contribution < -0.4 is 5.32 Å². The molecule has 2 atom stereocenters. The number of alkyl halides is 3. The smallest absolute Gasteiger partial charge is 0.405 e. The highest BCUT2D eigenvalue weighted by Gasteiger charge is 2.29. The number of hydrogen-bond donors (Lipinski definition) is 2. The van der Waals surface area contributed by atoms with Gasteiger partial charge in [-0.1, -0.05) is 6.92 Å². The van der Waals surface area contributed by atoms with E-state index < -0.39 is 24.6 Å². The fourth-order valence-electron chi connectivity index (χ4n) is 2.60. The van der Waals surface area contributed by atoms with E-state index in [0.717, 1.165) is 12.8 Å². The summed E-state index contributed by atoms with van der Waals surface area (Å²) in [5.74, 6) is -1.37. The number of piperidine rings is 1. The molecule has 1 amide bonds. The second kappa shape index (κ2) is 7.63. The maximum absolute atomic E-state index is 12.0. The molecule has 5 nitrogen and oxygen atoms in total. The molecule has 2 unspecified atom stereocenters. The van der Waals surface area contributed by atoms with Crippen molar-refractivity contribution in [2.45, 2.75) is 32.4 Å². The SMILES string of the molecule is CC(CC(=O)O)C1CCCN(CC(=O)NCC(F)(F)F)C1. The molecule has 1 aliphatic heterocycles. The minimum absolute atomic E-state index is 0.0106. The highest BCUT2D eigenvalue weighted by Crippen LogP contribution is 2.25. The molecule has 0 aromatic heterocycles. The molecule has 1 heterocycles. The number of rotatable bonds is 6. The van der Waals surface area contributed by atoms with E-state index in [1.807, 2.05) is 12.2 Å². The van der Waals surface area contributed by atoms with Crippen molar-refractivity contribution in [3.05, 3.63) is 0 Å². The molecule has 1 fully saturated rings. The number of hydrogen-bond acceptors (Lipinski definition) is 3. The Hall–Kier alpha value is -1.31. The second-order valence-corrected chi connectivity index (χ2v) is 5.60. The summed E-state index contributed by atoms with van der Waals surface area (Å²) in [6.07, 6.45) is -2.63. The zero-order valence-electron chi connectivity index (χ0n) is 11.9. The highest BCUT2D eigenvalue weighted by molar-refractivity contribution is 5.78.